The molecule has 0 radical (unpaired) electrons. The van der Waals surface area contributed by atoms with E-state index in [-0.39, 0.29) is 24.3 Å². The Balaban J connectivity index is 1.02. The van der Waals surface area contributed by atoms with Crippen LogP contribution in [0.25, 0.3) is 32.6 Å². The number of hydrogen-bond donors (Lipinski definition) is 0. The van der Waals surface area contributed by atoms with Crippen molar-refractivity contribution in [1.82, 2.24) is 30.0 Å². The molecular weight excluding hydrogens is 805 g/mol. The van der Waals surface area contributed by atoms with E-state index in [0.717, 1.165) is 94.2 Å². The lowest BCUT2D eigenvalue weighted by atomic mass is 9.72. The lowest BCUT2D eigenvalue weighted by molar-refractivity contribution is -0.0503. The minimum absolute atomic E-state index is 0.171. The van der Waals surface area contributed by atoms with Crippen molar-refractivity contribution in [3.63, 3.8) is 0 Å². The first-order chi connectivity index (χ1) is 31.0. The topological polar surface area (TPSA) is 95.0 Å². The van der Waals surface area contributed by atoms with Gasteiger partial charge >= 0.3 is 0 Å². The van der Waals surface area contributed by atoms with Crippen LogP contribution in [-0.2, 0) is 0 Å². The third kappa shape index (κ3) is 8.41. The molecule has 3 aromatic carbocycles. The van der Waals surface area contributed by atoms with E-state index in [1.807, 2.05) is 36.7 Å². The standard InChI is InChI=1S/C52H62N6O4S/c1-5-7-25-63-26-20-36-32-58-24-19-35(36)28-48(58)50(40-17-22-54-46-15-13-38(60-4)30-44(40)46)62-52-42-11-9-8-10-41(42)51(55-56-52)61-49(47-27-34-18-23-57(47)31-33(34)6-2)39-16-21-53-45-14-12-37(59-3)29-43(39)45/h8-17,21-22,29-30,33-36,47-50H,5-7,18-20,23-28,31-32H2,1-4H3/t33?,34?,35?,36?,47-,48-,49+,50+/m1/s1. The second-order valence-electron chi connectivity index (χ2n) is 18.4. The molecule has 6 fully saturated rings. The summed E-state index contributed by atoms with van der Waals surface area (Å²) in [6.07, 6.45) is 12.9. The smallest absolute Gasteiger partial charge is 0.242 e. The number of benzene rings is 3. The molecule has 0 aliphatic carbocycles. The lowest BCUT2D eigenvalue weighted by Crippen LogP contribution is -2.56. The van der Waals surface area contributed by atoms with E-state index in [4.69, 9.17) is 39.1 Å². The summed E-state index contributed by atoms with van der Waals surface area (Å²) in [4.78, 5) is 14.9. The third-order valence-electron chi connectivity index (χ3n) is 15.0. The number of piperidine rings is 6. The Morgan fingerprint density at radius 1 is 0.651 bits per heavy atom. The maximum atomic E-state index is 7.38. The summed E-state index contributed by atoms with van der Waals surface area (Å²) in [5, 5.41) is 13.8. The first-order valence-corrected chi connectivity index (χ1v) is 24.7. The number of ether oxygens (including phenoxy) is 4. The second kappa shape index (κ2) is 18.8. The summed E-state index contributed by atoms with van der Waals surface area (Å²) in [6.45, 7) is 8.96. The van der Waals surface area contributed by atoms with Crippen molar-refractivity contribution in [2.45, 2.75) is 89.5 Å². The van der Waals surface area contributed by atoms with Crippen LogP contribution in [0.4, 0.5) is 0 Å². The number of aromatic nitrogens is 4. The van der Waals surface area contributed by atoms with Gasteiger partial charge in [-0.1, -0.05) is 38.8 Å². The van der Waals surface area contributed by atoms with Crippen molar-refractivity contribution in [3.05, 3.63) is 96.3 Å². The minimum atomic E-state index is -0.308. The Morgan fingerprint density at radius 3 is 1.67 bits per heavy atom. The zero-order valence-corrected chi connectivity index (χ0v) is 38.1. The van der Waals surface area contributed by atoms with Gasteiger partial charge in [0.05, 0.1) is 48.1 Å². The number of pyridine rings is 2. The van der Waals surface area contributed by atoms with Crippen LogP contribution in [0.3, 0.4) is 0 Å². The van der Waals surface area contributed by atoms with Crippen molar-refractivity contribution < 1.29 is 18.9 Å². The molecule has 0 amide bonds. The molecular formula is C52H62N6O4S. The third-order valence-corrected chi connectivity index (χ3v) is 16.1. The molecule has 11 heteroatoms. The van der Waals surface area contributed by atoms with Gasteiger partial charge < -0.3 is 18.9 Å². The minimum Gasteiger partial charge on any atom is -0.497 e. The number of methoxy groups -OCH3 is 2. The van der Waals surface area contributed by atoms with Crippen LogP contribution in [0.15, 0.2) is 85.2 Å². The first-order valence-electron chi connectivity index (χ1n) is 23.5. The molecule has 6 saturated heterocycles. The highest BCUT2D eigenvalue weighted by molar-refractivity contribution is 7.99. The number of fused-ring (bicyclic) bond motifs is 9. The highest BCUT2D eigenvalue weighted by Gasteiger charge is 2.46. The van der Waals surface area contributed by atoms with Crippen LogP contribution >= 0.6 is 11.8 Å². The maximum absolute atomic E-state index is 7.38. The monoisotopic (exact) mass is 866 g/mol. The SMILES string of the molecule is CCCCSCCC1CN2CCC1C[C@@H]2[C@@H](Oc1nnc(O[C@@H](c2ccnc3ccc(OC)cc23)[C@H]2CC3CCN2CC3CC)c2ccccc12)c1ccnc2ccc(OC)cc12. The summed E-state index contributed by atoms with van der Waals surface area (Å²) < 4.78 is 26.2. The Hall–Kier alpha value is -4.71. The van der Waals surface area contributed by atoms with Crippen LogP contribution in [0.1, 0.15) is 88.5 Å². The zero-order chi connectivity index (χ0) is 42.9. The Kier molecular flexibility index (Phi) is 12.6. The van der Waals surface area contributed by atoms with Gasteiger partial charge in [-0.2, -0.15) is 11.8 Å². The molecule has 12 rings (SSSR count). The van der Waals surface area contributed by atoms with E-state index in [1.54, 1.807) is 14.2 Å². The van der Waals surface area contributed by atoms with Gasteiger partial charge in [-0.15, -0.1) is 10.2 Å². The molecule has 6 unspecified atom stereocenters. The fourth-order valence-corrected chi connectivity index (χ4v) is 12.7. The predicted molar refractivity (Wildman–Crippen MR) is 253 cm³/mol. The zero-order valence-electron chi connectivity index (χ0n) is 37.3. The van der Waals surface area contributed by atoms with E-state index in [2.05, 4.69) is 83.9 Å². The van der Waals surface area contributed by atoms with Crippen LogP contribution in [0.2, 0.25) is 0 Å². The molecule has 10 atom stereocenters. The quantitative estimate of drug-likeness (QED) is 0.0820. The Morgan fingerprint density at radius 2 is 1.19 bits per heavy atom. The summed E-state index contributed by atoms with van der Waals surface area (Å²) >= 11 is 2.13. The van der Waals surface area contributed by atoms with E-state index >= 15 is 0 Å². The van der Waals surface area contributed by atoms with Gasteiger partial charge in [-0.25, -0.2) is 0 Å². The molecule has 330 valence electrons. The molecule has 6 aliphatic rings. The van der Waals surface area contributed by atoms with E-state index < -0.39 is 0 Å². The van der Waals surface area contributed by atoms with Gasteiger partial charge in [0, 0.05) is 47.4 Å². The molecule has 0 saturated carbocycles. The van der Waals surface area contributed by atoms with Gasteiger partial charge in [0.25, 0.3) is 0 Å². The molecule has 6 aromatic rings. The van der Waals surface area contributed by atoms with E-state index in [9.17, 15) is 0 Å². The normalized spacial score (nSPS) is 26.2. The predicted octanol–water partition coefficient (Wildman–Crippen LogP) is 10.7. The molecule has 63 heavy (non-hydrogen) atoms. The summed E-state index contributed by atoms with van der Waals surface area (Å²) in [6, 6.07) is 25.2. The molecule has 0 N–H and O–H groups in total. The van der Waals surface area contributed by atoms with Crippen molar-refractivity contribution in [3.8, 4) is 23.3 Å². The van der Waals surface area contributed by atoms with Crippen molar-refractivity contribution in [2.24, 2.45) is 23.7 Å². The summed E-state index contributed by atoms with van der Waals surface area (Å²) in [5.74, 6) is 7.91. The molecule has 6 aliphatic heterocycles. The Bertz CT molecular complexity index is 2540. The van der Waals surface area contributed by atoms with Gasteiger partial charge in [0.15, 0.2) is 0 Å². The molecule has 10 nitrogen and oxygen atoms in total. The number of thioether (sulfide) groups is 1. The largest absolute Gasteiger partial charge is 0.497 e. The van der Waals surface area contributed by atoms with Gasteiger partial charge in [0.1, 0.15) is 23.7 Å². The van der Waals surface area contributed by atoms with Crippen LogP contribution in [0.5, 0.6) is 23.3 Å². The second-order valence-corrected chi connectivity index (χ2v) is 19.6. The molecule has 4 bridgehead atoms. The van der Waals surface area contributed by atoms with E-state index in [1.165, 1.54) is 50.0 Å². The highest BCUT2D eigenvalue weighted by atomic mass is 32.2. The molecule has 9 heterocycles. The number of nitrogens with zero attached hydrogens (tertiary/aromatic N) is 6. The van der Waals surface area contributed by atoms with E-state index in [0.29, 0.717) is 35.4 Å². The lowest BCUT2D eigenvalue weighted by Gasteiger charge is -2.52. The average Bonchev–Trinajstić information content (AvgIpc) is 3.34. The van der Waals surface area contributed by atoms with Crippen LogP contribution < -0.4 is 18.9 Å². The summed E-state index contributed by atoms with van der Waals surface area (Å²) in [5.41, 5.74) is 4.03. The van der Waals surface area contributed by atoms with Crippen LogP contribution in [0, 0.1) is 23.7 Å². The number of hydrogen-bond acceptors (Lipinski definition) is 11. The summed E-state index contributed by atoms with van der Waals surface area (Å²) in [7, 11) is 3.44. The highest BCUT2D eigenvalue weighted by Crippen LogP contribution is 2.48. The fourth-order valence-electron chi connectivity index (χ4n) is 11.6. The maximum Gasteiger partial charge on any atom is 0.242 e. The average molecular weight is 867 g/mol. The van der Waals surface area contributed by atoms with Gasteiger partial charge in [0.2, 0.25) is 11.8 Å². The molecule has 3 aromatic heterocycles. The van der Waals surface area contributed by atoms with Gasteiger partial charge in [-0.3, -0.25) is 19.8 Å². The Labute approximate surface area is 376 Å². The number of unbranched alkanes of at least 4 members (excludes halogenated alkanes) is 1. The van der Waals surface area contributed by atoms with Crippen molar-refractivity contribution >= 4 is 44.3 Å². The fraction of sp³-hybridized carbons (Fsp3) is 0.500. The van der Waals surface area contributed by atoms with Crippen LogP contribution in [-0.4, -0.2) is 94.0 Å². The molecule has 0 spiro atoms. The first kappa shape index (κ1) is 42.3. The van der Waals surface area contributed by atoms with Gasteiger partial charge in [-0.05, 0) is 147 Å². The van der Waals surface area contributed by atoms with Crippen molar-refractivity contribution in [1.29, 1.82) is 0 Å². The van der Waals surface area contributed by atoms with Crippen molar-refractivity contribution in [2.75, 3.05) is 51.9 Å². The number of rotatable bonds is 17.